The molecular weight excluding hydrogens is 1260 g/mol. The Bertz CT molecular complexity index is 1870. The number of aliphatic hydroxyl groups excluding tert-OH is 1. The summed E-state index contributed by atoms with van der Waals surface area (Å²) in [6.45, 7) is 11.9. The number of esters is 4. The second kappa shape index (κ2) is 67.5. The van der Waals surface area contributed by atoms with Crippen LogP contribution in [0.15, 0.2) is 0 Å². The summed E-state index contributed by atoms with van der Waals surface area (Å²) in [5.74, 6) is 0.170. The molecule has 0 spiro atoms. The maximum absolute atomic E-state index is 13.1. The molecule has 0 fully saturated rings. The average Bonchev–Trinajstić information content (AvgIpc) is 1.44. The van der Waals surface area contributed by atoms with E-state index in [9.17, 15) is 43.2 Å². The molecule has 0 rings (SSSR count). The number of hydrogen-bond donors (Lipinski definition) is 3. The van der Waals surface area contributed by atoms with Crippen molar-refractivity contribution >= 4 is 39.5 Å². The molecule has 96 heavy (non-hydrogen) atoms. The van der Waals surface area contributed by atoms with Crippen LogP contribution in [0.1, 0.15) is 395 Å². The largest absolute Gasteiger partial charge is 0.472 e. The van der Waals surface area contributed by atoms with E-state index in [1.807, 2.05) is 0 Å². The normalized spacial score (nSPS) is 14.3. The predicted octanol–water partition coefficient (Wildman–Crippen LogP) is 22.6. The molecule has 0 aromatic rings. The molecule has 0 saturated carbocycles. The van der Waals surface area contributed by atoms with Crippen LogP contribution < -0.4 is 0 Å². The van der Waals surface area contributed by atoms with E-state index in [1.165, 1.54) is 199 Å². The molecular formula is C77H150O17P2. The van der Waals surface area contributed by atoms with Gasteiger partial charge in [-0.3, -0.25) is 37.3 Å². The van der Waals surface area contributed by atoms with Gasteiger partial charge in [-0.2, -0.15) is 0 Å². The van der Waals surface area contributed by atoms with Crippen LogP contribution in [0.2, 0.25) is 0 Å². The van der Waals surface area contributed by atoms with Crippen LogP contribution in [0.5, 0.6) is 0 Å². The fourth-order valence-electron chi connectivity index (χ4n) is 11.7. The van der Waals surface area contributed by atoms with E-state index >= 15 is 0 Å². The topological polar surface area (TPSA) is 237 Å². The van der Waals surface area contributed by atoms with E-state index in [0.29, 0.717) is 31.6 Å². The minimum Gasteiger partial charge on any atom is -0.462 e. The van der Waals surface area contributed by atoms with Gasteiger partial charge in [-0.1, -0.05) is 344 Å². The number of carbonyl (C=O) groups is 4. The van der Waals surface area contributed by atoms with Crippen LogP contribution in [0, 0.1) is 17.8 Å². The number of carbonyl (C=O) groups excluding carboxylic acids is 4. The van der Waals surface area contributed by atoms with Crippen LogP contribution in [0.3, 0.4) is 0 Å². The van der Waals surface area contributed by atoms with Gasteiger partial charge in [-0.05, 0) is 43.4 Å². The molecule has 0 bridgehead atoms. The Kier molecular flexibility index (Phi) is 66.2. The number of unbranched alkanes of at least 4 members (excludes halogenated alkanes) is 42. The molecule has 0 saturated heterocycles. The average molecular weight is 1410 g/mol. The van der Waals surface area contributed by atoms with Crippen LogP contribution in [0.4, 0.5) is 0 Å². The number of phosphoric ester groups is 2. The zero-order valence-corrected chi connectivity index (χ0v) is 64.6. The molecule has 0 aliphatic carbocycles. The molecule has 0 radical (unpaired) electrons. The van der Waals surface area contributed by atoms with Crippen LogP contribution in [-0.2, 0) is 65.4 Å². The van der Waals surface area contributed by atoms with Gasteiger partial charge in [-0.15, -0.1) is 0 Å². The van der Waals surface area contributed by atoms with Crippen molar-refractivity contribution in [3.63, 3.8) is 0 Å². The third-order valence-electron chi connectivity index (χ3n) is 18.2. The maximum Gasteiger partial charge on any atom is 0.472 e. The Labute approximate surface area is 588 Å². The Morgan fingerprint density at radius 2 is 0.531 bits per heavy atom. The summed E-state index contributed by atoms with van der Waals surface area (Å²) in [5.41, 5.74) is 0. The quantitative estimate of drug-likeness (QED) is 0.0222. The Balaban J connectivity index is 5.24. The lowest BCUT2D eigenvalue weighted by Crippen LogP contribution is -2.30. The van der Waals surface area contributed by atoms with Crippen molar-refractivity contribution in [1.29, 1.82) is 0 Å². The molecule has 0 amide bonds. The van der Waals surface area contributed by atoms with Gasteiger partial charge < -0.3 is 33.8 Å². The summed E-state index contributed by atoms with van der Waals surface area (Å²) in [6, 6.07) is 0. The van der Waals surface area contributed by atoms with Gasteiger partial charge in [0.2, 0.25) is 0 Å². The fraction of sp³-hybridized carbons (Fsp3) is 0.948. The van der Waals surface area contributed by atoms with E-state index in [1.54, 1.807) is 0 Å². The van der Waals surface area contributed by atoms with Gasteiger partial charge >= 0.3 is 39.5 Å². The van der Waals surface area contributed by atoms with E-state index < -0.39 is 97.5 Å². The number of aliphatic hydroxyl groups is 1. The Morgan fingerprint density at radius 1 is 0.302 bits per heavy atom. The summed E-state index contributed by atoms with van der Waals surface area (Å²) in [5, 5.41) is 10.6. The van der Waals surface area contributed by atoms with Crippen LogP contribution in [0.25, 0.3) is 0 Å². The Morgan fingerprint density at radius 3 is 0.792 bits per heavy atom. The monoisotopic (exact) mass is 1410 g/mol. The van der Waals surface area contributed by atoms with Gasteiger partial charge in [0.05, 0.1) is 26.4 Å². The van der Waals surface area contributed by atoms with Gasteiger partial charge in [0.25, 0.3) is 0 Å². The summed E-state index contributed by atoms with van der Waals surface area (Å²) in [7, 11) is -9.91. The summed E-state index contributed by atoms with van der Waals surface area (Å²) in [6.07, 6.45) is 54.1. The first-order valence-corrected chi connectivity index (χ1v) is 42.9. The van der Waals surface area contributed by atoms with Gasteiger partial charge in [-0.25, -0.2) is 9.13 Å². The number of ether oxygens (including phenoxy) is 4. The molecule has 0 aliphatic heterocycles. The van der Waals surface area contributed by atoms with Gasteiger partial charge in [0.15, 0.2) is 12.2 Å². The second-order valence-corrected chi connectivity index (χ2v) is 31.8. The van der Waals surface area contributed by atoms with Crippen molar-refractivity contribution < 1.29 is 80.2 Å². The first-order valence-electron chi connectivity index (χ1n) is 39.9. The lowest BCUT2D eigenvalue weighted by molar-refractivity contribution is -0.161. The van der Waals surface area contributed by atoms with Crippen molar-refractivity contribution in [1.82, 2.24) is 0 Å². The SMILES string of the molecule is CCCCCCCCCCCCCCCCCCC(=O)OC[C@H](COP(=O)(O)OC[C@@H](O)COP(=O)(O)OC[C@@H](COC(=O)CCCCCCCCCC(C)C)OC(=O)CCCCCCCCCCCC(C)C)OC(=O)CCCCCCCCCCCCCCCCC(C)CC. The van der Waals surface area contributed by atoms with E-state index in [2.05, 4.69) is 48.5 Å². The number of rotatable bonds is 75. The predicted molar refractivity (Wildman–Crippen MR) is 391 cm³/mol. The minimum atomic E-state index is -4.96. The van der Waals surface area contributed by atoms with Gasteiger partial charge in [0.1, 0.15) is 19.3 Å². The summed E-state index contributed by atoms with van der Waals surface area (Å²) < 4.78 is 68.6. The lowest BCUT2D eigenvalue weighted by Gasteiger charge is -2.21. The highest BCUT2D eigenvalue weighted by atomic mass is 31.2. The minimum absolute atomic E-state index is 0.104. The van der Waals surface area contributed by atoms with Crippen molar-refractivity contribution in [3.05, 3.63) is 0 Å². The molecule has 3 N–H and O–H groups in total. The van der Waals surface area contributed by atoms with Crippen molar-refractivity contribution in [2.45, 2.75) is 414 Å². The molecule has 0 aromatic carbocycles. The maximum atomic E-state index is 13.1. The third-order valence-corrected chi connectivity index (χ3v) is 20.1. The smallest absolute Gasteiger partial charge is 0.462 e. The zero-order chi connectivity index (χ0) is 70.9. The summed E-state index contributed by atoms with van der Waals surface area (Å²) in [4.78, 5) is 72.8. The van der Waals surface area contributed by atoms with Crippen LogP contribution >= 0.6 is 15.6 Å². The molecule has 0 aliphatic rings. The molecule has 3 unspecified atom stereocenters. The molecule has 19 heteroatoms. The number of phosphoric acid groups is 2. The third kappa shape index (κ3) is 69.2. The highest BCUT2D eigenvalue weighted by Gasteiger charge is 2.30. The van der Waals surface area contributed by atoms with E-state index in [4.69, 9.17) is 37.0 Å². The van der Waals surface area contributed by atoms with Crippen molar-refractivity contribution in [2.24, 2.45) is 17.8 Å². The van der Waals surface area contributed by atoms with Gasteiger partial charge in [0, 0.05) is 25.7 Å². The standard InChI is InChI=1S/C77H150O17P2/c1-8-10-11-12-13-14-15-16-17-18-22-25-30-37-44-51-58-74(79)87-64-72(93-76(81)60-53-46-38-31-26-23-20-19-21-24-29-36-43-50-57-70(7)9-2)66-91-95(83,84)89-62-71(78)63-90-96(85,86)92-67-73(65-88-75(80)59-52-45-40-33-35-42-49-56-69(5)6)94-77(82)61-54-47-39-32-27-28-34-41-48-55-68(3)4/h68-73,78H,8-67H2,1-7H3,(H,83,84)(H,85,86)/t70?,71-,72-,73-/m1/s1. The lowest BCUT2D eigenvalue weighted by atomic mass is 9.99. The van der Waals surface area contributed by atoms with E-state index in [-0.39, 0.29) is 25.7 Å². The molecule has 0 aromatic heterocycles. The zero-order valence-electron chi connectivity index (χ0n) is 62.8. The molecule has 570 valence electrons. The highest BCUT2D eigenvalue weighted by molar-refractivity contribution is 7.47. The second-order valence-electron chi connectivity index (χ2n) is 28.9. The summed E-state index contributed by atoms with van der Waals surface area (Å²) >= 11 is 0. The highest BCUT2D eigenvalue weighted by Crippen LogP contribution is 2.45. The number of hydrogen-bond acceptors (Lipinski definition) is 15. The van der Waals surface area contributed by atoms with E-state index in [0.717, 1.165) is 108 Å². The first kappa shape index (κ1) is 94.1. The van der Waals surface area contributed by atoms with Crippen LogP contribution in [-0.4, -0.2) is 96.7 Å². The fourth-order valence-corrected chi connectivity index (χ4v) is 13.3. The Hall–Kier alpha value is -1.94. The van der Waals surface area contributed by atoms with Crippen molar-refractivity contribution in [2.75, 3.05) is 39.6 Å². The van der Waals surface area contributed by atoms with Crippen molar-refractivity contribution in [3.8, 4) is 0 Å². The molecule has 17 nitrogen and oxygen atoms in total. The molecule has 6 atom stereocenters. The first-order chi connectivity index (χ1) is 46.3. The molecule has 0 heterocycles.